The Morgan fingerprint density at radius 1 is 0.895 bits per heavy atom. The Labute approximate surface area is 115 Å². The van der Waals surface area contributed by atoms with Crippen LogP contribution >= 0.6 is 0 Å². The summed E-state index contributed by atoms with van der Waals surface area (Å²) in [6.45, 7) is 2.31. The summed E-state index contributed by atoms with van der Waals surface area (Å²) in [5, 5.41) is 0. The van der Waals surface area contributed by atoms with Crippen LogP contribution in [0.5, 0.6) is 0 Å². The van der Waals surface area contributed by atoms with Gasteiger partial charge in [-0.15, -0.1) is 0 Å². The standard InChI is InChI=1S/C17H20N2/c1-3-7-15(8-4-1)13-16-9-10-18-17(14-16)19-11-5-2-6-12-19/h1,3-4,7-10,14H,2,5-6,11-13H2. The van der Waals surface area contributed by atoms with Gasteiger partial charge in [0.15, 0.2) is 0 Å². The van der Waals surface area contributed by atoms with E-state index in [4.69, 9.17) is 0 Å². The van der Waals surface area contributed by atoms with Crippen molar-refractivity contribution in [2.75, 3.05) is 18.0 Å². The van der Waals surface area contributed by atoms with Crippen LogP contribution < -0.4 is 4.90 Å². The highest BCUT2D eigenvalue weighted by molar-refractivity contribution is 5.42. The molecule has 0 atom stereocenters. The van der Waals surface area contributed by atoms with Crippen LogP contribution in [0.15, 0.2) is 48.7 Å². The molecular weight excluding hydrogens is 232 g/mol. The number of aromatic nitrogens is 1. The molecule has 1 fully saturated rings. The molecule has 2 heteroatoms. The molecule has 2 aromatic rings. The van der Waals surface area contributed by atoms with Crippen LogP contribution in [0.1, 0.15) is 30.4 Å². The molecule has 0 spiro atoms. The molecule has 0 radical (unpaired) electrons. The van der Waals surface area contributed by atoms with Gasteiger partial charge >= 0.3 is 0 Å². The molecule has 19 heavy (non-hydrogen) atoms. The van der Waals surface area contributed by atoms with Crippen molar-refractivity contribution in [1.82, 2.24) is 4.98 Å². The highest BCUT2D eigenvalue weighted by Gasteiger charge is 2.12. The van der Waals surface area contributed by atoms with Gasteiger partial charge in [-0.05, 0) is 48.9 Å². The van der Waals surface area contributed by atoms with Gasteiger partial charge in [-0.25, -0.2) is 4.98 Å². The first kappa shape index (κ1) is 12.2. The van der Waals surface area contributed by atoms with Crippen molar-refractivity contribution >= 4 is 5.82 Å². The lowest BCUT2D eigenvalue weighted by atomic mass is 10.1. The predicted octanol–water partition coefficient (Wildman–Crippen LogP) is 3.66. The quantitative estimate of drug-likeness (QED) is 0.828. The fraction of sp³-hybridized carbons (Fsp3) is 0.353. The SMILES string of the molecule is c1ccc(Cc2ccnc(N3CCCCC3)c2)cc1. The Kier molecular flexibility index (Phi) is 3.78. The van der Waals surface area contributed by atoms with Crippen LogP contribution in [-0.2, 0) is 6.42 Å². The molecule has 2 nitrogen and oxygen atoms in total. The summed E-state index contributed by atoms with van der Waals surface area (Å²) in [7, 11) is 0. The van der Waals surface area contributed by atoms with E-state index in [1.807, 2.05) is 6.20 Å². The zero-order valence-electron chi connectivity index (χ0n) is 11.3. The Morgan fingerprint density at radius 3 is 2.47 bits per heavy atom. The van der Waals surface area contributed by atoms with E-state index in [0.29, 0.717) is 0 Å². The number of hydrogen-bond donors (Lipinski definition) is 0. The average Bonchev–Trinajstić information content (AvgIpc) is 2.49. The van der Waals surface area contributed by atoms with E-state index < -0.39 is 0 Å². The van der Waals surface area contributed by atoms with Crippen molar-refractivity contribution in [2.24, 2.45) is 0 Å². The molecule has 1 saturated heterocycles. The van der Waals surface area contributed by atoms with Crippen molar-refractivity contribution < 1.29 is 0 Å². The second kappa shape index (κ2) is 5.87. The molecule has 1 aromatic heterocycles. The Balaban J connectivity index is 1.76. The Bertz CT molecular complexity index is 516. The summed E-state index contributed by atoms with van der Waals surface area (Å²) in [5.41, 5.74) is 2.71. The van der Waals surface area contributed by atoms with Gasteiger partial charge in [0.2, 0.25) is 0 Å². The maximum Gasteiger partial charge on any atom is 0.128 e. The van der Waals surface area contributed by atoms with Crippen molar-refractivity contribution in [1.29, 1.82) is 0 Å². The van der Waals surface area contributed by atoms with E-state index in [-0.39, 0.29) is 0 Å². The zero-order chi connectivity index (χ0) is 12.9. The van der Waals surface area contributed by atoms with Gasteiger partial charge in [0.1, 0.15) is 5.82 Å². The Hall–Kier alpha value is -1.83. The monoisotopic (exact) mass is 252 g/mol. The molecule has 0 unspecified atom stereocenters. The first-order valence-corrected chi connectivity index (χ1v) is 7.16. The molecule has 1 aliphatic rings. The maximum atomic E-state index is 4.53. The molecular formula is C17H20N2. The van der Waals surface area contributed by atoms with Gasteiger partial charge in [0.25, 0.3) is 0 Å². The minimum absolute atomic E-state index is 0.990. The third-order valence-corrected chi connectivity index (χ3v) is 3.74. The minimum atomic E-state index is 0.990. The maximum absolute atomic E-state index is 4.53. The van der Waals surface area contributed by atoms with Crippen LogP contribution in [-0.4, -0.2) is 18.1 Å². The van der Waals surface area contributed by atoms with E-state index in [1.165, 1.54) is 30.4 Å². The smallest absolute Gasteiger partial charge is 0.128 e. The molecule has 0 amide bonds. The third kappa shape index (κ3) is 3.14. The molecule has 1 aliphatic heterocycles. The average molecular weight is 252 g/mol. The fourth-order valence-electron chi connectivity index (χ4n) is 2.70. The number of hydrogen-bond acceptors (Lipinski definition) is 2. The molecule has 2 heterocycles. The molecule has 0 saturated carbocycles. The lowest BCUT2D eigenvalue weighted by Gasteiger charge is -2.27. The summed E-state index contributed by atoms with van der Waals surface area (Å²) in [4.78, 5) is 6.95. The van der Waals surface area contributed by atoms with Gasteiger partial charge in [-0.3, -0.25) is 0 Å². The first-order chi connectivity index (χ1) is 9.42. The number of rotatable bonds is 3. The van der Waals surface area contributed by atoms with Crippen LogP contribution in [0.25, 0.3) is 0 Å². The molecule has 0 bridgehead atoms. The number of anilines is 1. The zero-order valence-corrected chi connectivity index (χ0v) is 11.3. The second-order valence-electron chi connectivity index (χ2n) is 5.23. The van der Waals surface area contributed by atoms with Gasteiger partial charge in [0.05, 0.1) is 0 Å². The van der Waals surface area contributed by atoms with Gasteiger partial charge in [-0.2, -0.15) is 0 Å². The molecule has 0 N–H and O–H groups in total. The predicted molar refractivity (Wildman–Crippen MR) is 79.5 cm³/mol. The Morgan fingerprint density at radius 2 is 1.68 bits per heavy atom. The normalized spacial score (nSPS) is 15.5. The summed E-state index contributed by atoms with van der Waals surface area (Å²) in [6.07, 6.45) is 6.89. The van der Waals surface area contributed by atoms with E-state index >= 15 is 0 Å². The van der Waals surface area contributed by atoms with Crippen molar-refractivity contribution in [2.45, 2.75) is 25.7 Å². The first-order valence-electron chi connectivity index (χ1n) is 7.16. The lowest BCUT2D eigenvalue weighted by molar-refractivity contribution is 0.573. The van der Waals surface area contributed by atoms with Crippen LogP contribution in [0.2, 0.25) is 0 Å². The number of benzene rings is 1. The van der Waals surface area contributed by atoms with Gasteiger partial charge < -0.3 is 4.90 Å². The van der Waals surface area contributed by atoms with Crippen molar-refractivity contribution in [3.8, 4) is 0 Å². The minimum Gasteiger partial charge on any atom is -0.357 e. The van der Waals surface area contributed by atoms with Gasteiger partial charge in [0, 0.05) is 19.3 Å². The summed E-state index contributed by atoms with van der Waals surface area (Å²) in [6, 6.07) is 15.0. The second-order valence-corrected chi connectivity index (χ2v) is 5.23. The van der Waals surface area contributed by atoms with E-state index in [1.54, 1.807) is 0 Å². The van der Waals surface area contributed by atoms with Crippen molar-refractivity contribution in [3.05, 3.63) is 59.8 Å². The largest absolute Gasteiger partial charge is 0.357 e. The highest BCUT2D eigenvalue weighted by Crippen LogP contribution is 2.19. The molecule has 98 valence electrons. The highest BCUT2D eigenvalue weighted by atomic mass is 15.2. The summed E-state index contributed by atoms with van der Waals surface area (Å²) >= 11 is 0. The molecule has 3 rings (SSSR count). The van der Waals surface area contributed by atoms with Crippen LogP contribution in [0, 0.1) is 0 Å². The number of piperidine rings is 1. The lowest BCUT2D eigenvalue weighted by Crippen LogP contribution is -2.30. The number of pyridine rings is 1. The number of nitrogens with zero attached hydrogens (tertiary/aromatic N) is 2. The third-order valence-electron chi connectivity index (χ3n) is 3.74. The summed E-state index contributed by atoms with van der Waals surface area (Å²) < 4.78 is 0. The topological polar surface area (TPSA) is 16.1 Å². The van der Waals surface area contributed by atoms with Crippen LogP contribution in [0.3, 0.4) is 0 Å². The van der Waals surface area contributed by atoms with E-state index in [2.05, 4.69) is 52.3 Å². The van der Waals surface area contributed by atoms with E-state index in [9.17, 15) is 0 Å². The fourth-order valence-corrected chi connectivity index (χ4v) is 2.70. The van der Waals surface area contributed by atoms with Gasteiger partial charge in [-0.1, -0.05) is 30.3 Å². The summed E-state index contributed by atoms with van der Waals surface area (Å²) in [5.74, 6) is 1.15. The van der Waals surface area contributed by atoms with Crippen LogP contribution in [0.4, 0.5) is 5.82 Å². The van der Waals surface area contributed by atoms with Crippen molar-refractivity contribution in [3.63, 3.8) is 0 Å². The molecule has 0 aliphatic carbocycles. The molecule has 1 aromatic carbocycles. The van der Waals surface area contributed by atoms with E-state index in [0.717, 1.165) is 25.3 Å².